The van der Waals surface area contributed by atoms with Crippen molar-refractivity contribution in [3.05, 3.63) is 83.7 Å². The minimum absolute atomic E-state index is 0.0244. The maximum absolute atomic E-state index is 12.9. The summed E-state index contributed by atoms with van der Waals surface area (Å²) in [5.41, 5.74) is 1.01. The zero-order valence-electron chi connectivity index (χ0n) is 16.6. The van der Waals surface area contributed by atoms with Crippen molar-refractivity contribution >= 4 is 23.2 Å². The number of fused-ring (bicyclic) bond motifs is 1. The first-order chi connectivity index (χ1) is 15.3. The van der Waals surface area contributed by atoms with Gasteiger partial charge in [0.1, 0.15) is 5.56 Å². The number of rotatable bonds is 4. The summed E-state index contributed by atoms with van der Waals surface area (Å²) in [4.78, 5) is 28.7. The second-order valence-electron chi connectivity index (χ2n) is 6.73. The van der Waals surface area contributed by atoms with Crippen molar-refractivity contribution in [1.82, 2.24) is 14.6 Å². The van der Waals surface area contributed by atoms with Gasteiger partial charge in [-0.05, 0) is 36.4 Å². The van der Waals surface area contributed by atoms with Gasteiger partial charge in [-0.25, -0.2) is 14.3 Å². The number of ether oxygens (including phenoxy) is 1. The predicted molar refractivity (Wildman–Crippen MR) is 109 cm³/mol. The number of benzene rings is 2. The summed E-state index contributed by atoms with van der Waals surface area (Å²) in [6, 6.07) is 12.5. The fourth-order valence-electron chi connectivity index (χ4n) is 3.16. The maximum Gasteiger partial charge on any atom is 0.416 e. The molecule has 0 unspecified atom stereocenters. The number of anilines is 1. The van der Waals surface area contributed by atoms with E-state index in [1.54, 1.807) is 24.3 Å². The van der Waals surface area contributed by atoms with E-state index in [0.29, 0.717) is 11.3 Å². The molecule has 0 radical (unpaired) electrons. The van der Waals surface area contributed by atoms with Gasteiger partial charge in [-0.2, -0.15) is 18.3 Å². The Morgan fingerprint density at radius 1 is 1.06 bits per heavy atom. The minimum Gasteiger partial charge on any atom is -0.465 e. The lowest BCUT2D eigenvalue weighted by atomic mass is 10.1. The third kappa shape index (κ3) is 4.02. The Morgan fingerprint density at radius 2 is 1.84 bits per heavy atom. The van der Waals surface area contributed by atoms with Crippen LogP contribution in [0.1, 0.15) is 26.3 Å². The molecule has 2 aromatic heterocycles. The molecule has 0 atom stereocenters. The van der Waals surface area contributed by atoms with Crippen LogP contribution in [-0.4, -0.2) is 33.6 Å². The molecule has 0 aliphatic carbocycles. The second kappa shape index (κ2) is 8.14. The SMILES string of the molecule is COC(=O)c1cnn2c(-c3cccc(C(=O)Nc4cccc(C(F)(F)F)c4)c3)ccnc12. The Morgan fingerprint density at radius 3 is 2.59 bits per heavy atom. The van der Waals surface area contributed by atoms with Crippen molar-refractivity contribution in [1.29, 1.82) is 0 Å². The fourth-order valence-corrected chi connectivity index (χ4v) is 3.16. The van der Waals surface area contributed by atoms with Crippen molar-refractivity contribution in [3.63, 3.8) is 0 Å². The second-order valence-corrected chi connectivity index (χ2v) is 6.73. The van der Waals surface area contributed by atoms with Gasteiger partial charge in [0.05, 0.1) is 24.6 Å². The lowest BCUT2D eigenvalue weighted by Crippen LogP contribution is -2.13. The van der Waals surface area contributed by atoms with Crippen LogP contribution in [0.25, 0.3) is 16.9 Å². The molecular formula is C22H15F3N4O3. The monoisotopic (exact) mass is 440 g/mol. The first kappa shape index (κ1) is 21.0. The number of methoxy groups -OCH3 is 1. The van der Waals surface area contributed by atoms with Crippen LogP contribution >= 0.6 is 0 Å². The molecule has 0 saturated heterocycles. The molecule has 0 saturated carbocycles. The van der Waals surface area contributed by atoms with Crippen LogP contribution in [0, 0.1) is 0 Å². The molecule has 10 heteroatoms. The van der Waals surface area contributed by atoms with E-state index in [-0.39, 0.29) is 22.5 Å². The molecular weight excluding hydrogens is 425 g/mol. The first-order valence-electron chi connectivity index (χ1n) is 9.28. The van der Waals surface area contributed by atoms with Crippen LogP contribution in [0.5, 0.6) is 0 Å². The Bertz CT molecular complexity index is 1330. The number of alkyl halides is 3. The Labute approximate surface area is 179 Å². The highest BCUT2D eigenvalue weighted by Crippen LogP contribution is 2.31. The van der Waals surface area contributed by atoms with Gasteiger partial charge in [0.2, 0.25) is 0 Å². The number of carbonyl (C=O) groups excluding carboxylic acids is 2. The average Bonchev–Trinajstić information content (AvgIpc) is 3.22. The summed E-state index contributed by atoms with van der Waals surface area (Å²) in [6.07, 6.45) is -1.68. The number of hydrogen-bond donors (Lipinski definition) is 1. The number of nitrogens with zero attached hydrogens (tertiary/aromatic N) is 3. The summed E-state index contributed by atoms with van der Waals surface area (Å²) in [7, 11) is 1.25. The van der Waals surface area contributed by atoms with Crippen LogP contribution in [0.2, 0.25) is 0 Å². The maximum atomic E-state index is 12.9. The van der Waals surface area contributed by atoms with Crippen LogP contribution in [0.15, 0.2) is 67.0 Å². The molecule has 7 nitrogen and oxygen atoms in total. The van der Waals surface area contributed by atoms with Gasteiger partial charge in [0.25, 0.3) is 5.91 Å². The molecule has 162 valence electrons. The third-order valence-electron chi connectivity index (χ3n) is 4.67. The predicted octanol–water partition coefficient (Wildman–Crippen LogP) is 4.45. The van der Waals surface area contributed by atoms with E-state index >= 15 is 0 Å². The minimum atomic E-state index is -4.51. The van der Waals surface area contributed by atoms with E-state index in [4.69, 9.17) is 4.74 Å². The summed E-state index contributed by atoms with van der Waals surface area (Å²) >= 11 is 0. The van der Waals surface area contributed by atoms with Crippen LogP contribution < -0.4 is 5.32 Å². The largest absolute Gasteiger partial charge is 0.465 e. The van der Waals surface area contributed by atoms with Crippen LogP contribution in [0.3, 0.4) is 0 Å². The van der Waals surface area contributed by atoms with E-state index in [9.17, 15) is 22.8 Å². The summed E-state index contributed by atoms with van der Waals surface area (Å²) in [6.45, 7) is 0. The van der Waals surface area contributed by atoms with Crippen molar-refractivity contribution in [2.75, 3.05) is 12.4 Å². The van der Waals surface area contributed by atoms with Gasteiger partial charge >= 0.3 is 12.1 Å². The number of hydrogen-bond acceptors (Lipinski definition) is 5. The Kier molecular flexibility index (Phi) is 5.35. The van der Waals surface area contributed by atoms with Crippen molar-refractivity contribution < 1.29 is 27.5 Å². The molecule has 0 fully saturated rings. The van der Waals surface area contributed by atoms with Crippen LogP contribution in [0.4, 0.5) is 18.9 Å². The molecule has 2 aromatic carbocycles. The standard InChI is InChI=1S/C22H15F3N4O3/c1-32-21(31)17-12-27-29-18(8-9-26-19(17)29)13-4-2-5-14(10-13)20(30)28-16-7-3-6-15(11-16)22(23,24)25/h2-12H,1H3,(H,28,30). The molecule has 0 bridgehead atoms. The Balaban J connectivity index is 1.66. The summed E-state index contributed by atoms with van der Waals surface area (Å²) in [5.74, 6) is -1.16. The van der Waals surface area contributed by atoms with Crippen molar-refractivity contribution in [2.24, 2.45) is 0 Å². The van der Waals surface area contributed by atoms with Gasteiger partial charge in [0, 0.05) is 23.0 Å². The number of nitrogens with one attached hydrogen (secondary N) is 1. The lowest BCUT2D eigenvalue weighted by molar-refractivity contribution is -0.137. The summed E-state index contributed by atoms with van der Waals surface area (Å²) < 4.78 is 44.9. The average molecular weight is 440 g/mol. The quantitative estimate of drug-likeness (QED) is 0.474. The molecule has 0 spiro atoms. The highest BCUT2D eigenvalue weighted by atomic mass is 19.4. The molecule has 4 aromatic rings. The summed E-state index contributed by atoms with van der Waals surface area (Å²) in [5, 5.41) is 6.66. The van der Waals surface area contributed by atoms with Crippen molar-refractivity contribution in [2.45, 2.75) is 6.18 Å². The highest BCUT2D eigenvalue weighted by molar-refractivity contribution is 6.05. The van der Waals surface area contributed by atoms with E-state index in [2.05, 4.69) is 15.4 Å². The molecule has 0 aliphatic rings. The van der Waals surface area contributed by atoms with E-state index in [0.717, 1.165) is 12.1 Å². The van der Waals surface area contributed by atoms with Crippen LogP contribution in [-0.2, 0) is 10.9 Å². The normalized spacial score (nSPS) is 11.4. The number of carbonyl (C=O) groups is 2. The smallest absolute Gasteiger partial charge is 0.416 e. The third-order valence-corrected chi connectivity index (χ3v) is 4.67. The highest BCUT2D eigenvalue weighted by Gasteiger charge is 2.30. The first-order valence-corrected chi connectivity index (χ1v) is 9.28. The molecule has 0 aliphatic heterocycles. The molecule has 32 heavy (non-hydrogen) atoms. The number of esters is 1. The topological polar surface area (TPSA) is 85.6 Å². The number of halogens is 3. The zero-order valence-corrected chi connectivity index (χ0v) is 16.6. The van der Waals surface area contributed by atoms with Gasteiger partial charge in [-0.15, -0.1) is 0 Å². The molecule has 1 amide bonds. The van der Waals surface area contributed by atoms with Crippen molar-refractivity contribution in [3.8, 4) is 11.3 Å². The molecule has 4 rings (SSSR count). The number of aromatic nitrogens is 3. The van der Waals surface area contributed by atoms with E-state index in [1.807, 2.05) is 0 Å². The fraction of sp³-hybridized carbons (Fsp3) is 0.0909. The van der Waals surface area contributed by atoms with Gasteiger partial charge in [-0.3, -0.25) is 4.79 Å². The van der Waals surface area contributed by atoms with E-state index < -0.39 is 23.6 Å². The zero-order chi connectivity index (χ0) is 22.9. The van der Waals surface area contributed by atoms with Gasteiger partial charge < -0.3 is 10.1 Å². The lowest BCUT2D eigenvalue weighted by Gasteiger charge is -2.11. The number of amides is 1. The van der Waals surface area contributed by atoms with Gasteiger partial charge in [0.15, 0.2) is 5.65 Å². The Hall–Kier alpha value is -4.21. The van der Waals surface area contributed by atoms with E-state index in [1.165, 1.54) is 42.2 Å². The molecule has 2 heterocycles. The molecule has 1 N–H and O–H groups in total. The van der Waals surface area contributed by atoms with Gasteiger partial charge in [-0.1, -0.05) is 18.2 Å².